The highest BCUT2D eigenvalue weighted by Crippen LogP contribution is 2.39. The van der Waals surface area contributed by atoms with E-state index < -0.39 is 0 Å². The lowest BCUT2D eigenvalue weighted by molar-refractivity contribution is -0.142. The van der Waals surface area contributed by atoms with Gasteiger partial charge in [0, 0.05) is 23.9 Å². The molecule has 0 saturated heterocycles. The Balaban J connectivity index is 1.32. The maximum absolute atomic E-state index is 13.7. The summed E-state index contributed by atoms with van der Waals surface area (Å²) in [5, 5.41) is 2.12. The largest absolute Gasteiger partial charge is 0.497 e. The summed E-state index contributed by atoms with van der Waals surface area (Å²) in [5.74, 6) is 1.75. The number of amides is 2. The van der Waals surface area contributed by atoms with E-state index in [0.29, 0.717) is 18.9 Å². The molecule has 0 radical (unpaired) electrons. The van der Waals surface area contributed by atoms with Crippen LogP contribution in [0.3, 0.4) is 0 Å². The molecule has 0 bridgehead atoms. The molecule has 1 atom stereocenters. The van der Waals surface area contributed by atoms with Crippen LogP contribution >= 0.6 is 11.3 Å². The van der Waals surface area contributed by atoms with Crippen molar-refractivity contribution >= 4 is 23.2 Å². The van der Waals surface area contributed by atoms with Crippen molar-refractivity contribution in [1.82, 2.24) is 9.80 Å². The number of rotatable bonds is 8. The number of ether oxygens (including phenoxy) is 1. The molecule has 1 unspecified atom stereocenters. The molecule has 6 heteroatoms. The first-order chi connectivity index (χ1) is 16.1. The molecule has 2 amide bonds. The van der Waals surface area contributed by atoms with E-state index in [0.717, 1.165) is 37.0 Å². The fourth-order valence-electron chi connectivity index (χ4n) is 5.54. The lowest BCUT2D eigenvalue weighted by atomic mass is 9.93. The molecule has 3 aliphatic rings. The molecule has 5 nitrogen and oxygen atoms in total. The van der Waals surface area contributed by atoms with Crippen LogP contribution in [0.5, 0.6) is 5.75 Å². The Morgan fingerprint density at radius 2 is 1.85 bits per heavy atom. The summed E-state index contributed by atoms with van der Waals surface area (Å²) in [4.78, 5) is 32.0. The van der Waals surface area contributed by atoms with Crippen molar-refractivity contribution in [3.05, 3.63) is 51.7 Å². The molecule has 2 aromatic rings. The average molecular weight is 467 g/mol. The van der Waals surface area contributed by atoms with E-state index in [9.17, 15) is 9.59 Å². The zero-order valence-electron chi connectivity index (χ0n) is 19.5. The van der Waals surface area contributed by atoms with Crippen molar-refractivity contribution in [2.45, 2.75) is 69.9 Å². The number of thiophene rings is 1. The van der Waals surface area contributed by atoms with E-state index in [4.69, 9.17) is 4.74 Å². The smallest absolute Gasteiger partial charge is 0.243 e. The highest BCUT2D eigenvalue weighted by atomic mass is 32.1. The maximum Gasteiger partial charge on any atom is 0.243 e. The summed E-state index contributed by atoms with van der Waals surface area (Å²) >= 11 is 1.77. The highest BCUT2D eigenvalue weighted by molar-refractivity contribution is 7.10. The van der Waals surface area contributed by atoms with Crippen molar-refractivity contribution in [1.29, 1.82) is 0 Å². The van der Waals surface area contributed by atoms with Crippen molar-refractivity contribution in [2.75, 3.05) is 20.2 Å². The highest BCUT2D eigenvalue weighted by Gasteiger charge is 2.38. The van der Waals surface area contributed by atoms with Crippen LogP contribution in [-0.2, 0) is 16.0 Å². The summed E-state index contributed by atoms with van der Waals surface area (Å²) < 4.78 is 5.33. The predicted molar refractivity (Wildman–Crippen MR) is 131 cm³/mol. The maximum atomic E-state index is 13.7. The molecule has 33 heavy (non-hydrogen) atoms. The Morgan fingerprint density at radius 3 is 2.55 bits per heavy atom. The minimum absolute atomic E-state index is 0.0637. The number of hydrogen-bond acceptors (Lipinski definition) is 4. The Labute approximate surface area is 200 Å². The van der Waals surface area contributed by atoms with Gasteiger partial charge >= 0.3 is 0 Å². The third kappa shape index (κ3) is 4.96. The van der Waals surface area contributed by atoms with Crippen LogP contribution in [0.25, 0.3) is 0 Å². The minimum atomic E-state index is -0.104. The van der Waals surface area contributed by atoms with E-state index in [1.165, 1.54) is 36.1 Å². The van der Waals surface area contributed by atoms with Gasteiger partial charge in [-0.2, -0.15) is 0 Å². The monoisotopic (exact) mass is 466 g/mol. The fourth-order valence-corrected chi connectivity index (χ4v) is 6.45. The van der Waals surface area contributed by atoms with Crippen molar-refractivity contribution < 1.29 is 14.3 Å². The van der Waals surface area contributed by atoms with Crippen LogP contribution < -0.4 is 4.74 Å². The number of benzene rings is 1. The molecule has 1 aliphatic heterocycles. The Morgan fingerprint density at radius 1 is 1.09 bits per heavy atom. The van der Waals surface area contributed by atoms with Crippen LogP contribution in [0, 0.1) is 5.92 Å². The fraction of sp³-hybridized carbons (Fsp3) is 0.556. The van der Waals surface area contributed by atoms with Gasteiger partial charge in [-0.25, -0.2) is 0 Å². The third-order valence-corrected chi connectivity index (χ3v) is 8.57. The molecule has 1 aromatic heterocycles. The van der Waals surface area contributed by atoms with Gasteiger partial charge in [0.05, 0.1) is 13.2 Å². The molecular weight excluding hydrogens is 432 g/mol. The average Bonchev–Trinajstić information content (AvgIpc) is 3.32. The number of methoxy groups -OCH3 is 1. The second-order valence-electron chi connectivity index (χ2n) is 9.75. The lowest BCUT2D eigenvalue weighted by Gasteiger charge is -2.37. The van der Waals surface area contributed by atoms with Gasteiger partial charge in [-0.1, -0.05) is 37.8 Å². The van der Waals surface area contributed by atoms with E-state index in [-0.39, 0.29) is 30.4 Å². The molecule has 2 aliphatic carbocycles. The Hall–Kier alpha value is -2.34. The molecule has 2 saturated carbocycles. The van der Waals surface area contributed by atoms with Crippen LogP contribution in [0.1, 0.15) is 73.4 Å². The zero-order valence-corrected chi connectivity index (χ0v) is 20.3. The first-order valence-electron chi connectivity index (χ1n) is 12.4. The van der Waals surface area contributed by atoms with Gasteiger partial charge in [-0.3, -0.25) is 9.59 Å². The number of carbonyl (C=O) groups excluding carboxylic acids is 2. The van der Waals surface area contributed by atoms with E-state index in [1.54, 1.807) is 18.4 Å². The topological polar surface area (TPSA) is 49.9 Å². The number of fused-ring (bicyclic) bond motifs is 1. The summed E-state index contributed by atoms with van der Waals surface area (Å²) in [6.45, 7) is 0.901. The second-order valence-corrected chi connectivity index (χ2v) is 10.8. The van der Waals surface area contributed by atoms with E-state index in [2.05, 4.69) is 23.6 Å². The van der Waals surface area contributed by atoms with E-state index >= 15 is 0 Å². The molecule has 0 spiro atoms. The second kappa shape index (κ2) is 9.88. The van der Waals surface area contributed by atoms with Crippen LogP contribution in [0.15, 0.2) is 35.7 Å². The standard InChI is InChI=1S/C27H34N2O3S/c1-32-22-11-7-20(8-12-22)27-23-15-17-33-24(23)14-16-28(27)26(31)18-29(21-9-10-21)25(30)13-6-19-4-2-3-5-19/h7-8,11-12,15,17,19,21,27H,2-6,9-10,13-14,16,18H2,1H3. The Bertz CT molecular complexity index is 976. The predicted octanol–water partition coefficient (Wildman–Crippen LogP) is 5.19. The van der Waals surface area contributed by atoms with Gasteiger partial charge in [-0.15, -0.1) is 11.3 Å². The molecular formula is C27H34N2O3S. The number of nitrogens with zero attached hydrogens (tertiary/aromatic N) is 2. The third-order valence-electron chi connectivity index (χ3n) is 7.57. The summed E-state index contributed by atoms with van der Waals surface area (Å²) in [5.41, 5.74) is 2.31. The van der Waals surface area contributed by atoms with Gasteiger partial charge in [0.2, 0.25) is 11.8 Å². The first-order valence-corrected chi connectivity index (χ1v) is 13.3. The lowest BCUT2D eigenvalue weighted by Crippen LogP contribution is -2.47. The number of carbonyl (C=O) groups is 2. The number of hydrogen-bond donors (Lipinski definition) is 0. The van der Waals surface area contributed by atoms with Crippen LogP contribution in [0.4, 0.5) is 0 Å². The normalized spacial score (nSPS) is 20.5. The summed E-state index contributed by atoms with van der Waals surface area (Å²) in [6, 6.07) is 10.3. The molecule has 1 aromatic carbocycles. The zero-order chi connectivity index (χ0) is 22.8. The van der Waals surface area contributed by atoms with Gasteiger partial charge in [0.25, 0.3) is 0 Å². The van der Waals surface area contributed by atoms with Crippen LogP contribution in [0.2, 0.25) is 0 Å². The van der Waals surface area contributed by atoms with Crippen molar-refractivity contribution in [3.63, 3.8) is 0 Å². The first kappa shape index (κ1) is 22.5. The van der Waals surface area contributed by atoms with Crippen LogP contribution in [-0.4, -0.2) is 47.9 Å². The molecule has 176 valence electrons. The van der Waals surface area contributed by atoms with Crippen molar-refractivity contribution in [3.8, 4) is 5.75 Å². The van der Waals surface area contributed by atoms with Gasteiger partial charge in [0.15, 0.2) is 0 Å². The molecule has 2 heterocycles. The molecule has 0 N–H and O–H groups in total. The van der Waals surface area contributed by atoms with E-state index in [1.807, 2.05) is 21.9 Å². The SMILES string of the molecule is COc1ccc(C2c3ccsc3CCN2C(=O)CN(C(=O)CCC2CCCC2)C2CC2)cc1. The van der Waals surface area contributed by atoms with Gasteiger partial charge in [0.1, 0.15) is 12.3 Å². The minimum Gasteiger partial charge on any atom is -0.497 e. The molecule has 5 rings (SSSR count). The summed E-state index contributed by atoms with van der Waals surface area (Å²) in [6.07, 6.45) is 9.62. The van der Waals surface area contributed by atoms with Gasteiger partial charge in [-0.05, 0) is 66.3 Å². The Kier molecular flexibility index (Phi) is 6.72. The quantitative estimate of drug-likeness (QED) is 0.538. The van der Waals surface area contributed by atoms with Crippen molar-refractivity contribution in [2.24, 2.45) is 5.92 Å². The summed E-state index contributed by atoms with van der Waals surface area (Å²) in [7, 11) is 1.67. The van der Waals surface area contributed by atoms with Gasteiger partial charge < -0.3 is 14.5 Å². The molecule has 2 fully saturated rings.